The maximum absolute atomic E-state index is 12.3. The molecule has 1 fully saturated rings. The van der Waals surface area contributed by atoms with E-state index in [0.29, 0.717) is 41.3 Å². The van der Waals surface area contributed by atoms with Gasteiger partial charge in [0.05, 0.1) is 5.56 Å². The average Bonchev–Trinajstić information content (AvgIpc) is 3.26. The van der Waals surface area contributed by atoms with Crippen LogP contribution in [0.15, 0.2) is 65.7 Å². The van der Waals surface area contributed by atoms with Crippen LogP contribution in [0.25, 0.3) is 28.7 Å². The van der Waals surface area contributed by atoms with Crippen molar-refractivity contribution >= 4 is 5.91 Å². The number of pyridine rings is 1. The van der Waals surface area contributed by atoms with Crippen molar-refractivity contribution in [2.24, 2.45) is 5.92 Å². The summed E-state index contributed by atoms with van der Waals surface area (Å²) in [6.45, 7) is 0.699. The van der Waals surface area contributed by atoms with E-state index in [9.17, 15) is 4.79 Å². The predicted molar refractivity (Wildman–Crippen MR) is 105 cm³/mol. The fourth-order valence-electron chi connectivity index (χ4n) is 3.01. The molecule has 1 aliphatic rings. The average molecular weight is 386 g/mol. The summed E-state index contributed by atoms with van der Waals surface area (Å²) in [5, 5.41) is 6.99. The van der Waals surface area contributed by atoms with E-state index in [4.69, 9.17) is 4.52 Å². The maximum atomic E-state index is 12.3. The van der Waals surface area contributed by atoms with Crippen molar-refractivity contribution in [2.75, 3.05) is 6.54 Å². The SMILES string of the molecule is O=C(NCC1CC1)c1cn(-c2ncccc2-c2nc(-c3ccccc3)no2)cn1. The summed E-state index contributed by atoms with van der Waals surface area (Å²) in [4.78, 5) is 25.4. The van der Waals surface area contributed by atoms with Crippen LogP contribution in [0.1, 0.15) is 23.3 Å². The molecule has 1 N–H and O–H groups in total. The molecule has 5 rings (SSSR count). The van der Waals surface area contributed by atoms with Gasteiger partial charge < -0.3 is 9.84 Å². The molecule has 0 bridgehead atoms. The van der Waals surface area contributed by atoms with Gasteiger partial charge in [0.2, 0.25) is 5.82 Å². The van der Waals surface area contributed by atoms with Crippen LogP contribution in [-0.4, -0.2) is 37.1 Å². The molecule has 1 saturated carbocycles. The second kappa shape index (κ2) is 7.31. The molecule has 3 heterocycles. The summed E-state index contributed by atoms with van der Waals surface area (Å²) >= 11 is 0. The van der Waals surface area contributed by atoms with E-state index >= 15 is 0 Å². The number of carbonyl (C=O) groups is 1. The lowest BCUT2D eigenvalue weighted by Crippen LogP contribution is -2.25. The highest BCUT2D eigenvalue weighted by molar-refractivity contribution is 5.92. The van der Waals surface area contributed by atoms with Crippen LogP contribution in [0, 0.1) is 5.92 Å². The number of nitrogens with one attached hydrogen (secondary N) is 1. The van der Waals surface area contributed by atoms with Crippen LogP contribution >= 0.6 is 0 Å². The lowest BCUT2D eigenvalue weighted by Gasteiger charge is -2.05. The molecule has 0 saturated heterocycles. The van der Waals surface area contributed by atoms with Crippen LogP contribution in [0.5, 0.6) is 0 Å². The molecule has 144 valence electrons. The van der Waals surface area contributed by atoms with Gasteiger partial charge in [0, 0.05) is 24.5 Å². The van der Waals surface area contributed by atoms with Crippen molar-refractivity contribution in [1.82, 2.24) is 30.0 Å². The summed E-state index contributed by atoms with van der Waals surface area (Å²) in [6.07, 6.45) is 7.25. The van der Waals surface area contributed by atoms with Crippen LogP contribution in [-0.2, 0) is 0 Å². The number of amides is 1. The summed E-state index contributed by atoms with van der Waals surface area (Å²) in [5.74, 6) is 1.84. The molecule has 3 aromatic heterocycles. The molecule has 0 aliphatic heterocycles. The third-order valence-corrected chi connectivity index (χ3v) is 4.78. The van der Waals surface area contributed by atoms with E-state index < -0.39 is 0 Å². The van der Waals surface area contributed by atoms with Crippen molar-refractivity contribution in [3.63, 3.8) is 0 Å². The minimum atomic E-state index is -0.183. The zero-order valence-corrected chi connectivity index (χ0v) is 15.5. The van der Waals surface area contributed by atoms with Gasteiger partial charge in [-0.3, -0.25) is 9.36 Å². The van der Waals surface area contributed by atoms with E-state index in [0.717, 1.165) is 5.56 Å². The highest BCUT2D eigenvalue weighted by Crippen LogP contribution is 2.28. The third kappa shape index (κ3) is 3.64. The number of benzene rings is 1. The minimum Gasteiger partial charge on any atom is -0.350 e. The number of hydrogen-bond acceptors (Lipinski definition) is 6. The van der Waals surface area contributed by atoms with Crippen LogP contribution < -0.4 is 5.32 Å². The molecular weight excluding hydrogens is 368 g/mol. The Morgan fingerprint density at radius 2 is 2.00 bits per heavy atom. The fourth-order valence-corrected chi connectivity index (χ4v) is 3.01. The van der Waals surface area contributed by atoms with Gasteiger partial charge in [0.25, 0.3) is 11.8 Å². The van der Waals surface area contributed by atoms with E-state index in [1.54, 1.807) is 29.4 Å². The van der Waals surface area contributed by atoms with Gasteiger partial charge >= 0.3 is 0 Å². The number of rotatable bonds is 6. The Labute approximate surface area is 166 Å². The molecule has 29 heavy (non-hydrogen) atoms. The number of hydrogen-bond donors (Lipinski definition) is 1. The number of nitrogens with zero attached hydrogens (tertiary/aromatic N) is 5. The van der Waals surface area contributed by atoms with Crippen molar-refractivity contribution in [1.29, 1.82) is 0 Å². The second-order valence-electron chi connectivity index (χ2n) is 6.98. The first-order valence-electron chi connectivity index (χ1n) is 9.45. The molecule has 1 amide bonds. The molecule has 4 aromatic rings. The Morgan fingerprint density at radius 3 is 2.83 bits per heavy atom. The minimum absolute atomic E-state index is 0.183. The van der Waals surface area contributed by atoms with E-state index in [1.807, 2.05) is 36.4 Å². The van der Waals surface area contributed by atoms with Crippen molar-refractivity contribution in [3.8, 4) is 28.7 Å². The van der Waals surface area contributed by atoms with E-state index in [-0.39, 0.29) is 5.91 Å². The number of aromatic nitrogens is 5. The van der Waals surface area contributed by atoms with Gasteiger partial charge in [-0.1, -0.05) is 35.5 Å². The summed E-state index contributed by atoms with van der Waals surface area (Å²) in [6, 6.07) is 13.2. The Kier molecular flexibility index (Phi) is 4.36. The molecule has 1 aromatic carbocycles. The van der Waals surface area contributed by atoms with Crippen LogP contribution in [0.4, 0.5) is 0 Å². The first kappa shape index (κ1) is 17.3. The number of carbonyl (C=O) groups excluding carboxylic acids is 1. The Morgan fingerprint density at radius 1 is 1.14 bits per heavy atom. The molecule has 8 heteroatoms. The van der Waals surface area contributed by atoms with Crippen molar-refractivity contribution in [3.05, 3.63) is 66.9 Å². The Hall–Kier alpha value is -3.81. The van der Waals surface area contributed by atoms with Crippen LogP contribution in [0.3, 0.4) is 0 Å². The summed E-state index contributed by atoms with van der Waals surface area (Å²) in [5.41, 5.74) is 1.87. The Balaban J connectivity index is 1.43. The van der Waals surface area contributed by atoms with Gasteiger partial charge in [-0.05, 0) is 30.9 Å². The lowest BCUT2D eigenvalue weighted by molar-refractivity contribution is 0.0947. The Bertz CT molecular complexity index is 1150. The number of imidazole rings is 1. The van der Waals surface area contributed by atoms with Crippen LogP contribution in [0.2, 0.25) is 0 Å². The van der Waals surface area contributed by atoms with Gasteiger partial charge in [-0.15, -0.1) is 0 Å². The zero-order valence-electron chi connectivity index (χ0n) is 15.5. The molecule has 0 atom stereocenters. The maximum Gasteiger partial charge on any atom is 0.271 e. The molecule has 0 spiro atoms. The van der Waals surface area contributed by atoms with E-state index in [1.165, 1.54) is 12.8 Å². The first-order valence-corrected chi connectivity index (χ1v) is 9.45. The quantitative estimate of drug-likeness (QED) is 0.547. The van der Waals surface area contributed by atoms with Crippen molar-refractivity contribution in [2.45, 2.75) is 12.8 Å². The monoisotopic (exact) mass is 386 g/mol. The van der Waals surface area contributed by atoms with Gasteiger partial charge in [0.15, 0.2) is 5.82 Å². The lowest BCUT2D eigenvalue weighted by atomic mass is 10.2. The van der Waals surface area contributed by atoms with Gasteiger partial charge in [-0.2, -0.15) is 4.98 Å². The molecule has 0 unspecified atom stereocenters. The standard InChI is InChI=1S/C21H18N6O2/c28-20(23-11-14-8-9-14)17-12-27(13-24-17)19-16(7-4-10-22-19)21-25-18(26-29-21)15-5-2-1-3-6-15/h1-7,10,12-14H,8-9,11H2,(H,23,28). The zero-order chi connectivity index (χ0) is 19.6. The predicted octanol–water partition coefficient (Wildman–Crippen LogP) is 3.12. The molecule has 8 nitrogen and oxygen atoms in total. The van der Waals surface area contributed by atoms with E-state index in [2.05, 4.69) is 25.4 Å². The van der Waals surface area contributed by atoms with Crippen molar-refractivity contribution < 1.29 is 9.32 Å². The first-order chi connectivity index (χ1) is 14.3. The fraction of sp³-hybridized carbons (Fsp3) is 0.190. The van der Waals surface area contributed by atoms with Gasteiger partial charge in [-0.25, -0.2) is 9.97 Å². The normalized spacial score (nSPS) is 13.4. The third-order valence-electron chi connectivity index (χ3n) is 4.78. The largest absolute Gasteiger partial charge is 0.350 e. The molecule has 0 radical (unpaired) electrons. The summed E-state index contributed by atoms with van der Waals surface area (Å²) in [7, 11) is 0. The molecular formula is C21H18N6O2. The van der Waals surface area contributed by atoms with Gasteiger partial charge in [0.1, 0.15) is 12.0 Å². The smallest absolute Gasteiger partial charge is 0.271 e. The molecule has 1 aliphatic carbocycles. The highest BCUT2D eigenvalue weighted by atomic mass is 16.5. The topological polar surface area (TPSA) is 98.7 Å². The second-order valence-corrected chi connectivity index (χ2v) is 6.98. The summed E-state index contributed by atoms with van der Waals surface area (Å²) < 4.78 is 7.17. The highest BCUT2D eigenvalue weighted by Gasteiger charge is 2.23.